The zero-order chi connectivity index (χ0) is 14.6. The molecule has 3 N–H and O–H groups in total. The lowest BCUT2D eigenvalue weighted by atomic mass is 10.3. The van der Waals surface area contributed by atoms with Crippen LogP contribution in [0.2, 0.25) is 0 Å². The van der Waals surface area contributed by atoms with Gasteiger partial charge in [-0.15, -0.1) is 11.3 Å². The van der Waals surface area contributed by atoms with Gasteiger partial charge in [0.25, 0.3) is 10.0 Å². The minimum atomic E-state index is -3.58. The maximum atomic E-state index is 12.1. The number of nitrogens with two attached hydrogens (primary N) is 1. The summed E-state index contributed by atoms with van der Waals surface area (Å²) in [5.74, 6) is 0. The summed E-state index contributed by atoms with van der Waals surface area (Å²) in [6.45, 7) is 2.70. The summed E-state index contributed by atoms with van der Waals surface area (Å²) in [5.41, 5.74) is 6.26. The van der Waals surface area contributed by atoms with Gasteiger partial charge in [-0.25, -0.2) is 18.1 Å². The van der Waals surface area contributed by atoms with Crippen molar-refractivity contribution in [2.45, 2.75) is 31.5 Å². The molecular weight excluding hydrogens is 294 g/mol. The van der Waals surface area contributed by atoms with Gasteiger partial charge in [-0.05, 0) is 30.2 Å². The smallest absolute Gasteiger partial charge is 0.258 e. The Kier molecular flexibility index (Phi) is 4.87. The molecule has 2 aromatic heterocycles. The molecule has 2 rings (SSSR count). The van der Waals surface area contributed by atoms with Gasteiger partial charge in [-0.3, -0.25) is 0 Å². The van der Waals surface area contributed by atoms with Gasteiger partial charge >= 0.3 is 0 Å². The summed E-state index contributed by atoms with van der Waals surface area (Å²) in [6, 6.07) is 7.10. The van der Waals surface area contributed by atoms with Crippen molar-refractivity contribution >= 4 is 21.4 Å². The summed E-state index contributed by atoms with van der Waals surface area (Å²) >= 11 is 1.61. The minimum Gasteiger partial charge on any atom is -0.326 e. The maximum absolute atomic E-state index is 12.1. The van der Waals surface area contributed by atoms with Crippen molar-refractivity contribution in [3.05, 3.63) is 45.8 Å². The number of nitrogens with one attached hydrogen (secondary N) is 1. The van der Waals surface area contributed by atoms with Crippen LogP contribution < -0.4 is 10.5 Å². The molecule has 0 aliphatic carbocycles. The molecule has 2 aromatic rings. The van der Waals surface area contributed by atoms with Crippen LogP contribution in [0.4, 0.5) is 0 Å². The summed E-state index contributed by atoms with van der Waals surface area (Å²) in [6.07, 6.45) is 2.44. The monoisotopic (exact) mass is 311 g/mol. The first-order valence-electron chi connectivity index (χ1n) is 6.27. The van der Waals surface area contributed by atoms with Crippen LogP contribution in [-0.2, 0) is 29.5 Å². The number of hydrogen-bond acceptors (Lipinski definition) is 5. The third kappa shape index (κ3) is 3.63. The maximum Gasteiger partial charge on any atom is 0.258 e. The van der Waals surface area contributed by atoms with Crippen LogP contribution in [0.3, 0.4) is 0 Å². The second-order valence-corrected chi connectivity index (χ2v) is 7.22. The van der Waals surface area contributed by atoms with Crippen molar-refractivity contribution in [1.29, 1.82) is 0 Å². The highest BCUT2D eigenvalue weighted by molar-refractivity contribution is 7.89. The number of pyridine rings is 1. The van der Waals surface area contributed by atoms with Crippen LogP contribution in [0.1, 0.15) is 22.2 Å². The van der Waals surface area contributed by atoms with Gasteiger partial charge in [0.1, 0.15) is 0 Å². The molecule has 0 aromatic carbocycles. The average Bonchev–Trinajstić information content (AvgIpc) is 2.93. The molecule has 0 spiro atoms. The van der Waals surface area contributed by atoms with E-state index in [2.05, 4.69) is 16.6 Å². The molecule has 0 atom stereocenters. The molecule has 0 unspecified atom stereocenters. The molecular formula is C13H17N3O2S2. The Labute approximate surface area is 122 Å². The normalized spacial score (nSPS) is 11.7. The van der Waals surface area contributed by atoms with Gasteiger partial charge < -0.3 is 5.73 Å². The Balaban J connectivity index is 2.06. The van der Waals surface area contributed by atoms with Crippen LogP contribution >= 0.6 is 11.3 Å². The molecule has 0 fully saturated rings. The third-order valence-electron chi connectivity index (χ3n) is 2.81. The fourth-order valence-electron chi connectivity index (χ4n) is 1.64. The molecule has 0 radical (unpaired) electrons. The van der Waals surface area contributed by atoms with E-state index >= 15 is 0 Å². The molecule has 2 heterocycles. The second-order valence-electron chi connectivity index (χ2n) is 4.25. The summed E-state index contributed by atoms with van der Waals surface area (Å²) in [5, 5.41) is 0.0157. The Hall–Kier alpha value is -1.28. The van der Waals surface area contributed by atoms with Gasteiger partial charge in [-0.2, -0.15) is 0 Å². The molecule has 0 bridgehead atoms. The van der Waals surface area contributed by atoms with E-state index in [1.54, 1.807) is 17.4 Å². The summed E-state index contributed by atoms with van der Waals surface area (Å²) < 4.78 is 26.7. The van der Waals surface area contributed by atoms with E-state index in [0.717, 1.165) is 16.9 Å². The molecule has 108 valence electrons. The number of aryl methyl sites for hydroxylation is 1. The van der Waals surface area contributed by atoms with E-state index in [4.69, 9.17) is 5.73 Å². The van der Waals surface area contributed by atoms with E-state index in [1.807, 2.05) is 12.1 Å². The molecule has 7 heteroatoms. The van der Waals surface area contributed by atoms with E-state index < -0.39 is 10.0 Å². The first-order valence-corrected chi connectivity index (χ1v) is 8.57. The minimum absolute atomic E-state index is 0.0157. The number of aromatic nitrogens is 1. The molecule has 20 heavy (non-hydrogen) atoms. The molecule has 0 saturated carbocycles. The average molecular weight is 311 g/mol. The quantitative estimate of drug-likeness (QED) is 0.849. The van der Waals surface area contributed by atoms with Crippen LogP contribution in [0.15, 0.2) is 35.5 Å². The highest BCUT2D eigenvalue weighted by Gasteiger charge is 2.15. The second kappa shape index (κ2) is 6.45. The van der Waals surface area contributed by atoms with Crippen molar-refractivity contribution in [1.82, 2.24) is 9.71 Å². The fourth-order valence-corrected chi connectivity index (χ4v) is 3.56. The van der Waals surface area contributed by atoms with Gasteiger partial charge in [0, 0.05) is 29.0 Å². The molecule has 0 saturated heterocycles. The summed E-state index contributed by atoms with van der Waals surface area (Å²) in [7, 11) is -3.58. The van der Waals surface area contributed by atoms with Crippen molar-refractivity contribution < 1.29 is 8.42 Å². The largest absolute Gasteiger partial charge is 0.326 e. The Morgan fingerprint density at radius 3 is 2.55 bits per heavy atom. The van der Waals surface area contributed by atoms with E-state index in [0.29, 0.717) is 6.54 Å². The highest BCUT2D eigenvalue weighted by atomic mass is 32.2. The van der Waals surface area contributed by atoms with E-state index in [1.165, 1.54) is 17.1 Å². The lowest BCUT2D eigenvalue weighted by molar-refractivity contribution is 0.578. The van der Waals surface area contributed by atoms with E-state index in [9.17, 15) is 8.42 Å². The van der Waals surface area contributed by atoms with Crippen molar-refractivity contribution in [3.8, 4) is 0 Å². The van der Waals surface area contributed by atoms with Crippen LogP contribution in [0.5, 0.6) is 0 Å². The molecule has 0 aliphatic rings. The highest BCUT2D eigenvalue weighted by Crippen LogP contribution is 2.17. The lowest BCUT2D eigenvalue weighted by Gasteiger charge is -2.05. The SMILES string of the molecule is CCc1ccc(CNS(=O)(=O)c2ccc(CN)cn2)s1. The van der Waals surface area contributed by atoms with Gasteiger partial charge in [0.2, 0.25) is 0 Å². The van der Waals surface area contributed by atoms with Gasteiger partial charge in [0.15, 0.2) is 5.03 Å². The standard InChI is InChI=1S/C13H17N3O2S2/c1-2-11-4-5-12(19-11)9-16-20(17,18)13-6-3-10(7-14)8-15-13/h3-6,8,16H,2,7,9,14H2,1H3. The summed E-state index contributed by atoms with van der Waals surface area (Å²) in [4.78, 5) is 6.16. The number of thiophene rings is 1. The first kappa shape index (κ1) is 15.1. The number of sulfonamides is 1. The molecule has 0 amide bonds. The fraction of sp³-hybridized carbons (Fsp3) is 0.308. The van der Waals surface area contributed by atoms with Crippen molar-refractivity contribution in [2.24, 2.45) is 5.73 Å². The zero-order valence-corrected chi connectivity index (χ0v) is 12.8. The van der Waals surface area contributed by atoms with Crippen LogP contribution in [0.25, 0.3) is 0 Å². The number of rotatable bonds is 6. The van der Waals surface area contributed by atoms with Crippen molar-refractivity contribution in [3.63, 3.8) is 0 Å². The predicted octanol–water partition coefficient (Wildman–Crippen LogP) is 1.64. The predicted molar refractivity (Wildman–Crippen MR) is 79.9 cm³/mol. The zero-order valence-electron chi connectivity index (χ0n) is 11.2. The lowest BCUT2D eigenvalue weighted by Crippen LogP contribution is -2.23. The number of nitrogens with zero attached hydrogens (tertiary/aromatic N) is 1. The van der Waals surface area contributed by atoms with Crippen LogP contribution in [-0.4, -0.2) is 13.4 Å². The number of hydrogen-bond donors (Lipinski definition) is 2. The molecule has 5 nitrogen and oxygen atoms in total. The van der Waals surface area contributed by atoms with Crippen LogP contribution in [0, 0.1) is 0 Å². The van der Waals surface area contributed by atoms with Crippen molar-refractivity contribution in [2.75, 3.05) is 0 Å². The topological polar surface area (TPSA) is 85.1 Å². The van der Waals surface area contributed by atoms with Gasteiger partial charge in [-0.1, -0.05) is 13.0 Å². The van der Waals surface area contributed by atoms with E-state index in [-0.39, 0.29) is 11.6 Å². The Morgan fingerprint density at radius 2 is 2.00 bits per heavy atom. The third-order valence-corrected chi connectivity index (χ3v) is 5.36. The Bertz CT molecular complexity index is 663. The van der Waals surface area contributed by atoms with Gasteiger partial charge in [0.05, 0.1) is 0 Å². The first-order chi connectivity index (χ1) is 9.55. The Morgan fingerprint density at radius 1 is 1.25 bits per heavy atom. The molecule has 0 aliphatic heterocycles.